The smallest absolute Gasteiger partial charge is 0.267 e. The van der Waals surface area contributed by atoms with E-state index in [-0.39, 0.29) is 16.6 Å². The molecule has 0 spiro atoms. The van der Waals surface area contributed by atoms with Gasteiger partial charge in [0.05, 0.1) is 34.1 Å². The van der Waals surface area contributed by atoms with Gasteiger partial charge in [-0.05, 0) is 31.2 Å². The van der Waals surface area contributed by atoms with Gasteiger partial charge in [-0.3, -0.25) is 14.9 Å². The molecule has 2 N–H and O–H groups in total. The molecule has 0 radical (unpaired) electrons. The third-order valence-electron chi connectivity index (χ3n) is 4.48. The zero-order chi connectivity index (χ0) is 23.3. The number of ether oxygens (including phenoxy) is 4. The molecule has 3 aromatic rings. The van der Waals surface area contributed by atoms with Crippen molar-refractivity contribution >= 4 is 34.0 Å². The highest BCUT2D eigenvalue weighted by Crippen LogP contribution is 2.38. The number of rotatable bonds is 8. The second kappa shape index (κ2) is 10.0. The van der Waals surface area contributed by atoms with E-state index in [1.54, 1.807) is 38.3 Å². The number of carbonyl (C=O) groups excluding carboxylic acids is 2. The third-order valence-corrected chi connectivity index (χ3v) is 5.55. The Labute approximate surface area is 189 Å². The molecule has 32 heavy (non-hydrogen) atoms. The van der Waals surface area contributed by atoms with Crippen LogP contribution >= 0.6 is 11.3 Å². The lowest BCUT2D eigenvalue weighted by Crippen LogP contribution is -2.12. The molecule has 0 bridgehead atoms. The van der Waals surface area contributed by atoms with Crippen molar-refractivity contribution in [2.45, 2.75) is 6.92 Å². The average Bonchev–Trinajstić information content (AvgIpc) is 3.17. The Morgan fingerprint density at radius 3 is 2.16 bits per heavy atom. The maximum atomic E-state index is 12.8. The number of aromatic nitrogens is 1. The molecule has 9 nitrogen and oxygen atoms in total. The van der Waals surface area contributed by atoms with Gasteiger partial charge >= 0.3 is 0 Å². The molecule has 2 amide bonds. The predicted octanol–water partition coefficient (Wildman–Crippen LogP) is 3.99. The Balaban J connectivity index is 1.79. The first-order valence-electron chi connectivity index (χ1n) is 9.44. The van der Waals surface area contributed by atoms with E-state index < -0.39 is 5.91 Å². The number of hydrogen-bond acceptors (Lipinski definition) is 8. The largest absolute Gasteiger partial charge is 0.497 e. The van der Waals surface area contributed by atoms with Crippen molar-refractivity contribution < 1.29 is 28.5 Å². The highest BCUT2D eigenvalue weighted by Gasteiger charge is 2.20. The fraction of sp³-hybridized carbons (Fsp3) is 0.227. The molecule has 0 unspecified atom stereocenters. The molecule has 0 saturated heterocycles. The summed E-state index contributed by atoms with van der Waals surface area (Å²) in [4.78, 5) is 30.2. The van der Waals surface area contributed by atoms with Crippen LogP contribution in [0.1, 0.15) is 25.7 Å². The van der Waals surface area contributed by atoms with E-state index in [1.807, 2.05) is 0 Å². The van der Waals surface area contributed by atoms with E-state index in [1.165, 1.54) is 33.5 Å². The molecule has 10 heteroatoms. The van der Waals surface area contributed by atoms with Crippen LogP contribution in [0.15, 0.2) is 36.4 Å². The topological polar surface area (TPSA) is 108 Å². The number of thiazole rings is 1. The van der Waals surface area contributed by atoms with Gasteiger partial charge in [0.2, 0.25) is 5.75 Å². The van der Waals surface area contributed by atoms with Crippen molar-refractivity contribution in [3.63, 3.8) is 0 Å². The molecule has 168 valence electrons. The van der Waals surface area contributed by atoms with Crippen molar-refractivity contribution in [3.8, 4) is 23.0 Å². The van der Waals surface area contributed by atoms with Crippen molar-refractivity contribution in [2.75, 3.05) is 39.1 Å². The van der Waals surface area contributed by atoms with E-state index in [2.05, 4.69) is 15.6 Å². The molecule has 0 aliphatic carbocycles. The van der Waals surface area contributed by atoms with Gasteiger partial charge in [-0.25, -0.2) is 4.98 Å². The SMILES string of the molecule is COc1cccc(NC(=O)c2sc(NC(=O)c3cc(OC)c(OC)c(OC)c3)nc2C)c1. The molecular weight excluding hydrogens is 434 g/mol. The molecule has 0 aliphatic heterocycles. The van der Waals surface area contributed by atoms with Crippen LogP contribution in [0.25, 0.3) is 0 Å². The van der Waals surface area contributed by atoms with Gasteiger partial charge in [0.25, 0.3) is 11.8 Å². The summed E-state index contributed by atoms with van der Waals surface area (Å²) in [5.41, 5.74) is 1.37. The van der Waals surface area contributed by atoms with Gasteiger partial charge < -0.3 is 24.3 Å². The Kier molecular flexibility index (Phi) is 7.16. The van der Waals surface area contributed by atoms with Crippen LogP contribution in [-0.2, 0) is 0 Å². The fourth-order valence-electron chi connectivity index (χ4n) is 2.93. The predicted molar refractivity (Wildman–Crippen MR) is 122 cm³/mol. The molecule has 1 aromatic heterocycles. The Morgan fingerprint density at radius 1 is 0.875 bits per heavy atom. The Bertz CT molecular complexity index is 1120. The van der Waals surface area contributed by atoms with E-state index in [0.717, 1.165) is 11.3 Å². The van der Waals surface area contributed by atoms with E-state index in [9.17, 15) is 9.59 Å². The lowest BCUT2D eigenvalue weighted by molar-refractivity contribution is 0.101. The van der Waals surface area contributed by atoms with Crippen molar-refractivity contribution in [1.82, 2.24) is 4.98 Å². The maximum absolute atomic E-state index is 12.8. The number of aryl methyl sites for hydroxylation is 1. The van der Waals surface area contributed by atoms with Crippen LogP contribution in [0.4, 0.5) is 10.8 Å². The quantitative estimate of drug-likeness (QED) is 0.526. The van der Waals surface area contributed by atoms with Gasteiger partial charge in [-0.2, -0.15) is 0 Å². The lowest BCUT2D eigenvalue weighted by atomic mass is 10.1. The zero-order valence-corrected chi connectivity index (χ0v) is 19.1. The van der Waals surface area contributed by atoms with Crippen LogP contribution < -0.4 is 29.6 Å². The maximum Gasteiger partial charge on any atom is 0.267 e. The minimum Gasteiger partial charge on any atom is -0.497 e. The van der Waals surface area contributed by atoms with Crippen LogP contribution in [0.3, 0.4) is 0 Å². The molecule has 2 aromatic carbocycles. The van der Waals surface area contributed by atoms with Gasteiger partial charge in [-0.1, -0.05) is 17.4 Å². The minimum atomic E-state index is -0.433. The van der Waals surface area contributed by atoms with Crippen LogP contribution in [-0.4, -0.2) is 45.2 Å². The molecule has 0 saturated carbocycles. The average molecular weight is 458 g/mol. The number of anilines is 2. The standard InChI is InChI=1S/C22H23N3O6S/c1-12-19(21(27)24-14-7-6-8-15(11-14)28-2)32-22(23-12)25-20(26)13-9-16(29-3)18(31-5)17(10-13)30-4/h6-11H,1-5H3,(H,24,27)(H,23,25,26). The molecule has 1 heterocycles. The highest BCUT2D eigenvalue weighted by molar-refractivity contribution is 7.17. The number of benzene rings is 2. The summed E-state index contributed by atoms with van der Waals surface area (Å²) in [7, 11) is 5.97. The summed E-state index contributed by atoms with van der Waals surface area (Å²) in [6.45, 7) is 1.70. The van der Waals surface area contributed by atoms with Crippen molar-refractivity contribution in [2.24, 2.45) is 0 Å². The summed E-state index contributed by atoms with van der Waals surface area (Å²) in [6, 6.07) is 10.1. The van der Waals surface area contributed by atoms with Gasteiger partial charge in [0.1, 0.15) is 10.6 Å². The molecular formula is C22H23N3O6S. The summed E-state index contributed by atoms with van der Waals surface area (Å²) >= 11 is 1.07. The summed E-state index contributed by atoms with van der Waals surface area (Å²) in [5.74, 6) is 0.950. The number of hydrogen-bond donors (Lipinski definition) is 2. The lowest BCUT2D eigenvalue weighted by Gasteiger charge is -2.13. The number of carbonyl (C=O) groups is 2. The first kappa shape index (κ1) is 22.9. The van der Waals surface area contributed by atoms with E-state index in [4.69, 9.17) is 18.9 Å². The molecule has 3 rings (SSSR count). The molecule has 0 atom stereocenters. The minimum absolute atomic E-state index is 0.287. The second-order valence-electron chi connectivity index (χ2n) is 6.49. The first-order chi connectivity index (χ1) is 15.4. The number of amides is 2. The number of nitrogens with one attached hydrogen (secondary N) is 2. The summed E-state index contributed by atoms with van der Waals surface area (Å²) in [6.07, 6.45) is 0. The van der Waals surface area contributed by atoms with Gasteiger partial charge in [0, 0.05) is 17.3 Å². The van der Waals surface area contributed by atoms with Gasteiger partial charge in [-0.15, -0.1) is 0 Å². The molecule has 0 aliphatic rings. The number of methoxy groups -OCH3 is 4. The Hall–Kier alpha value is -3.79. The molecule has 0 fully saturated rings. The third kappa shape index (κ3) is 4.92. The Morgan fingerprint density at radius 2 is 1.56 bits per heavy atom. The zero-order valence-electron chi connectivity index (χ0n) is 18.3. The van der Waals surface area contributed by atoms with E-state index in [0.29, 0.717) is 39.3 Å². The highest BCUT2D eigenvalue weighted by atomic mass is 32.1. The summed E-state index contributed by atoms with van der Waals surface area (Å²) < 4.78 is 21.0. The monoisotopic (exact) mass is 457 g/mol. The fourth-order valence-corrected chi connectivity index (χ4v) is 3.79. The van der Waals surface area contributed by atoms with E-state index >= 15 is 0 Å². The van der Waals surface area contributed by atoms with Crippen LogP contribution in [0, 0.1) is 6.92 Å². The normalized spacial score (nSPS) is 10.3. The second-order valence-corrected chi connectivity index (χ2v) is 7.49. The van der Waals surface area contributed by atoms with Crippen LogP contribution in [0.2, 0.25) is 0 Å². The van der Waals surface area contributed by atoms with Crippen molar-refractivity contribution in [3.05, 3.63) is 52.5 Å². The van der Waals surface area contributed by atoms with Crippen LogP contribution in [0.5, 0.6) is 23.0 Å². The van der Waals surface area contributed by atoms with Crippen molar-refractivity contribution in [1.29, 1.82) is 0 Å². The number of nitrogens with zero attached hydrogens (tertiary/aromatic N) is 1. The first-order valence-corrected chi connectivity index (χ1v) is 10.3. The summed E-state index contributed by atoms with van der Waals surface area (Å²) in [5, 5.41) is 5.81. The van der Waals surface area contributed by atoms with Gasteiger partial charge in [0.15, 0.2) is 16.6 Å².